The van der Waals surface area contributed by atoms with Crippen LogP contribution < -0.4 is 5.32 Å². The fourth-order valence-electron chi connectivity index (χ4n) is 2.15. The summed E-state index contributed by atoms with van der Waals surface area (Å²) < 4.78 is 39.0. The average molecular weight is 351 g/mol. The molecule has 1 aliphatic rings. The van der Waals surface area contributed by atoms with Crippen LogP contribution in [0.5, 0.6) is 0 Å². The largest absolute Gasteiger partial charge is 0.418 e. The van der Waals surface area contributed by atoms with Crippen molar-refractivity contribution in [3.63, 3.8) is 0 Å². The number of likely N-dealkylation sites (tertiary alicyclic amines) is 1. The number of carbonyl (C=O) groups is 1. The predicted molar refractivity (Wildman–Crippen MR) is 73.4 cm³/mol. The number of anilines is 1. The summed E-state index contributed by atoms with van der Waals surface area (Å²) in [6, 6.07) is 3.84. The third kappa shape index (κ3) is 3.65. The van der Waals surface area contributed by atoms with Gasteiger partial charge in [-0.25, -0.2) is 0 Å². The third-order valence-corrected chi connectivity index (χ3v) is 3.67. The maximum atomic E-state index is 12.9. The molecule has 1 aliphatic heterocycles. The quantitative estimate of drug-likeness (QED) is 0.904. The first-order chi connectivity index (χ1) is 9.38. The molecule has 1 aromatic carbocycles. The number of rotatable bonds is 3. The molecular weight excluding hydrogens is 337 g/mol. The lowest BCUT2D eigenvalue weighted by atomic mass is 10.1. The van der Waals surface area contributed by atoms with E-state index in [-0.39, 0.29) is 18.1 Å². The summed E-state index contributed by atoms with van der Waals surface area (Å²) in [5.41, 5.74) is -0.852. The number of halogens is 4. The van der Waals surface area contributed by atoms with Gasteiger partial charge in [-0.05, 0) is 31.0 Å². The molecule has 20 heavy (non-hydrogen) atoms. The number of alkyl halides is 3. The zero-order chi connectivity index (χ0) is 14.8. The lowest BCUT2D eigenvalue weighted by molar-refractivity contribution is -0.137. The Morgan fingerprint density at radius 2 is 1.95 bits per heavy atom. The van der Waals surface area contributed by atoms with Gasteiger partial charge in [-0.3, -0.25) is 4.79 Å². The Morgan fingerprint density at radius 3 is 2.55 bits per heavy atom. The molecule has 0 spiro atoms. The lowest BCUT2D eigenvalue weighted by Crippen LogP contribution is -2.33. The number of nitrogens with zero attached hydrogens (tertiary/aromatic N) is 1. The summed E-state index contributed by atoms with van der Waals surface area (Å²) in [4.78, 5) is 13.5. The van der Waals surface area contributed by atoms with Crippen molar-refractivity contribution in [2.45, 2.75) is 19.0 Å². The molecule has 0 aliphatic carbocycles. The van der Waals surface area contributed by atoms with E-state index in [4.69, 9.17) is 0 Å². The van der Waals surface area contributed by atoms with Gasteiger partial charge in [-0.1, -0.05) is 15.9 Å². The third-order valence-electron chi connectivity index (χ3n) is 3.18. The molecule has 0 atom stereocenters. The molecule has 0 radical (unpaired) electrons. The Bertz CT molecular complexity index is 499. The molecule has 0 saturated carbocycles. The van der Waals surface area contributed by atoms with Gasteiger partial charge in [0.1, 0.15) is 0 Å². The SMILES string of the molecule is O=C(CNc1ccc(Br)cc1C(F)(F)F)N1CCCC1. The van der Waals surface area contributed by atoms with Crippen LogP contribution in [0, 0.1) is 0 Å². The van der Waals surface area contributed by atoms with Crippen molar-refractivity contribution in [1.82, 2.24) is 4.90 Å². The van der Waals surface area contributed by atoms with Crippen LogP contribution in [0.15, 0.2) is 22.7 Å². The van der Waals surface area contributed by atoms with E-state index in [0.717, 1.165) is 18.9 Å². The van der Waals surface area contributed by atoms with E-state index in [0.29, 0.717) is 17.6 Å². The molecule has 1 amide bonds. The van der Waals surface area contributed by atoms with Crippen LogP contribution in [0.4, 0.5) is 18.9 Å². The predicted octanol–water partition coefficient (Wildman–Crippen LogP) is 3.50. The number of hydrogen-bond donors (Lipinski definition) is 1. The number of amides is 1. The maximum absolute atomic E-state index is 12.9. The van der Waals surface area contributed by atoms with Gasteiger partial charge in [0, 0.05) is 23.2 Å². The van der Waals surface area contributed by atoms with Crippen LogP contribution in [0.2, 0.25) is 0 Å². The van der Waals surface area contributed by atoms with Crippen LogP contribution in [0.3, 0.4) is 0 Å². The summed E-state index contributed by atoms with van der Waals surface area (Å²) in [6.45, 7) is 1.25. The molecule has 0 bridgehead atoms. The molecule has 110 valence electrons. The molecule has 1 aromatic rings. The number of hydrogen-bond acceptors (Lipinski definition) is 2. The van der Waals surface area contributed by atoms with E-state index in [1.165, 1.54) is 12.1 Å². The second-order valence-corrected chi connectivity index (χ2v) is 5.54. The molecule has 0 aromatic heterocycles. The molecule has 1 N–H and O–H groups in total. The fourth-order valence-corrected chi connectivity index (χ4v) is 2.52. The van der Waals surface area contributed by atoms with Gasteiger partial charge in [-0.15, -0.1) is 0 Å². The van der Waals surface area contributed by atoms with Crippen molar-refractivity contribution in [1.29, 1.82) is 0 Å². The molecule has 2 rings (SSSR count). The first kappa shape index (κ1) is 15.2. The van der Waals surface area contributed by atoms with Crippen LogP contribution in [0.1, 0.15) is 18.4 Å². The normalized spacial score (nSPS) is 15.5. The van der Waals surface area contributed by atoms with Crippen molar-refractivity contribution in [2.75, 3.05) is 25.0 Å². The lowest BCUT2D eigenvalue weighted by Gasteiger charge is -2.18. The van der Waals surface area contributed by atoms with Crippen molar-refractivity contribution in [3.8, 4) is 0 Å². The van der Waals surface area contributed by atoms with Gasteiger partial charge in [0.15, 0.2) is 0 Å². The molecule has 1 fully saturated rings. The Labute approximate surface area is 123 Å². The highest BCUT2D eigenvalue weighted by molar-refractivity contribution is 9.10. The summed E-state index contributed by atoms with van der Waals surface area (Å²) in [5.74, 6) is -0.168. The number of carbonyl (C=O) groups excluding carboxylic acids is 1. The fraction of sp³-hybridized carbons (Fsp3) is 0.462. The van der Waals surface area contributed by atoms with Crippen LogP contribution in [0.25, 0.3) is 0 Å². The minimum Gasteiger partial charge on any atom is -0.376 e. The first-order valence-electron chi connectivity index (χ1n) is 6.26. The van der Waals surface area contributed by atoms with Crippen LogP contribution >= 0.6 is 15.9 Å². The van der Waals surface area contributed by atoms with Crippen molar-refractivity contribution in [3.05, 3.63) is 28.2 Å². The highest BCUT2D eigenvalue weighted by Gasteiger charge is 2.34. The average Bonchev–Trinajstić information content (AvgIpc) is 2.89. The molecular formula is C13H14BrF3N2O. The van der Waals surface area contributed by atoms with Gasteiger partial charge in [0.2, 0.25) is 5.91 Å². The molecule has 7 heteroatoms. The molecule has 3 nitrogen and oxygen atoms in total. The van der Waals surface area contributed by atoms with Crippen molar-refractivity contribution >= 4 is 27.5 Å². The van der Waals surface area contributed by atoms with Crippen LogP contribution in [-0.2, 0) is 11.0 Å². The van der Waals surface area contributed by atoms with E-state index in [9.17, 15) is 18.0 Å². The number of benzene rings is 1. The zero-order valence-electron chi connectivity index (χ0n) is 10.6. The van der Waals surface area contributed by atoms with E-state index >= 15 is 0 Å². The van der Waals surface area contributed by atoms with Gasteiger partial charge in [0.25, 0.3) is 0 Å². The number of nitrogens with one attached hydrogen (secondary N) is 1. The van der Waals surface area contributed by atoms with Gasteiger partial charge >= 0.3 is 6.18 Å². The van der Waals surface area contributed by atoms with Crippen LogP contribution in [-0.4, -0.2) is 30.4 Å². The summed E-state index contributed by atoms with van der Waals surface area (Å²) >= 11 is 3.02. The monoisotopic (exact) mass is 350 g/mol. The first-order valence-corrected chi connectivity index (χ1v) is 7.05. The van der Waals surface area contributed by atoms with E-state index in [1.807, 2.05) is 0 Å². The maximum Gasteiger partial charge on any atom is 0.418 e. The Balaban J connectivity index is 2.07. The molecule has 1 heterocycles. The van der Waals surface area contributed by atoms with E-state index in [2.05, 4.69) is 21.2 Å². The minimum absolute atomic E-state index is 0.0757. The molecule has 0 unspecified atom stereocenters. The van der Waals surface area contributed by atoms with Crippen molar-refractivity contribution < 1.29 is 18.0 Å². The van der Waals surface area contributed by atoms with E-state index < -0.39 is 11.7 Å². The summed E-state index contributed by atoms with van der Waals surface area (Å²) in [7, 11) is 0. The second-order valence-electron chi connectivity index (χ2n) is 4.63. The highest BCUT2D eigenvalue weighted by Crippen LogP contribution is 2.36. The second kappa shape index (κ2) is 6.03. The highest BCUT2D eigenvalue weighted by atomic mass is 79.9. The summed E-state index contributed by atoms with van der Waals surface area (Å²) in [5, 5.41) is 2.59. The van der Waals surface area contributed by atoms with Crippen molar-refractivity contribution in [2.24, 2.45) is 0 Å². The smallest absolute Gasteiger partial charge is 0.376 e. The molecule has 1 saturated heterocycles. The van der Waals surface area contributed by atoms with Gasteiger partial charge < -0.3 is 10.2 Å². The Hall–Kier alpha value is -1.24. The Morgan fingerprint density at radius 1 is 1.30 bits per heavy atom. The van der Waals surface area contributed by atoms with E-state index in [1.54, 1.807) is 4.90 Å². The van der Waals surface area contributed by atoms with Gasteiger partial charge in [0.05, 0.1) is 12.1 Å². The Kier molecular flexibility index (Phi) is 4.57. The topological polar surface area (TPSA) is 32.3 Å². The minimum atomic E-state index is -4.46. The van der Waals surface area contributed by atoms with Gasteiger partial charge in [-0.2, -0.15) is 13.2 Å². The standard InChI is InChI=1S/C13H14BrF3N2O/c14-9-3-4-11(10(7-9)13(15,16)17)18-8-12(20)19-5-1-2-6-19/h3-4,7,18H,1-2,5-6,8H2. The summed E-state index contributed by atoms with van der Waals surface area (Å²) in [6.07, 6.45) is -2.54. The zero-order valence-corrected chi connectivity index (χ0v) is 12.2.